The number of nitrogens with two attached hydrogens (primary N) is 1. The van der Waals surface area contributed by atoms with Crippen LogP contribution < -0.4 is 11.1 Å². The summed E-state index contributed by atoms with van der Waals surface area (Å²) in [6, 6.07) is 14.5. The number of fused-ring (bicyclic) bond motifs is 1. The average molecular weight is 462 g/mol. The summed E-state index contributed by atoms with van der Waals surface area (Å²) in [6.07, 6.45) is 0.218. The van der Waals surface area contributed by atoms with Crippen molar-refractivity contribution < 1.29 is 18.3 Å². The summed E-state index contributed by atoms with van der Waals surface area (Å²) in [5, 5.41) is 14.1. The third kappa shape index (κ3) is 6.33. The summed E-state index contributed by atoms with van der Waals surface area (Å²) < 4.78 is 25.9. The summed E-state index contributed by atoms with van der Waals surface area (Å²) in [7, 11) is -3.58. The highest BCUT2D eigenvalue weighted by Gasteiger charge is 2.29. The van der Waals surface area contributed by atoms with E-state index in [1.165, 1.54) is 11.3 Å². The maximum Gasteiger partial charge on any atom is 0.238 e. The van der Waals surface area contributed by atoms with Crippen LogP contribution >= 0.6 is 11.3 Å². The molecule has 1 aromatic heterocycles. The van der Waals surface area contributed by atoms with Crippen LogP contribution in [0.4, 0.5) is 0 Å². The molecule has 31 heavy (non-hydrogen) atoms. The molecule has 166 valence electrons. The molecule has 2 aromatic carbocycles. The molecule has 0 radical (unpaired) electrons. The van der Waals surface area contributed by atoms with Crippen molar-refractivity contribution in [3.63, 3.8) is 0 Å². The van der Waals surface area contributed by atoms with Crippen molar-refractivity contribution in [2.75, 3.05) is 5.75 Å². The average Bonchev–Trinajstić information content (AvgIpc) is 3.17. The van der Waals surface area contributed by atoms with Crippen LogP contribution in [0.1, 0.15) is 36.4 Å². The van der Waals surface area contributed by atoms with E-state index >= 15 is 0 Å². The number of thiazole rings is 1. The van der Waals surface area contributed by atoms with Gasteiger partial charge in [-0.15, -0.1) is 11.3 Å². The van der Waals surface area contributed by atoms with Crippen LogP contribution in [0.5, 0.6) is 0 Å². The maximum absolute atomic E-state index is 12.6. The summed E-state index contributed by atoms with van der Waals surface area (Å²) in [4.78, 5) is 17.1. The van der Waals surface area contributed by atoms with Crippen LogP contribution in [-0.4, -0.2) is 42.3 Å². The number of hydrogen-bond acceptors (Lipinski definition) is 7. The molecule has 2 unspecified atom stereocenters. The number of aromatic nitrogens is 1. The van der Waals surface area contributed by atoms with Crippen LogP contribution in [0.2, 0.25) is 0 Å². The van der Waals surface area contributed by atoms with E-state index in [2.05, 4.69) is 10.3 Å². The van der Waals surface area contributed by atoms with Crippen molar-refractivity contribution in [1.82, 2.24) is 10.3 Å². The highest BCUT2D eigenvalue weighted by atomic mass is 32.2. The van der Waals surface area contributed by atoms with E-state index in [1.54, 1.807) is 30.3 Å². The molecule has 3 aromatic rings. The van der Waals surface area contributed by atoms with Crippen LogP contribution in [0.25, 0.3) is 10.2 Å². The Morgan fingerprint density at radius 3 is 2.52 bits per heavy atom. The molecule has 3 atom stereocenters. The Balaban J connectivity index is 1.66. The molecule has 0 fully saturated rings. The van der Waals surface area contributed by atoms with Crippen molar-refractivity contribution in [2.24, 2.45) is 5.73 Å². The Labute approximate surface area is 186 Å². The molecule has 0 aliphatic carbocycles. The fourth-order valence-electron chi connectivity index (χ4n) is 3.33. The van der Waals surface area contributed by atoms with Crippen molar-refractivity contribution in [1.29, 1.82) is 0 Å². The van der Waals surface area contributed by atoms with Gasteiger partial charge in [0.05, 0.1) is 33.8 Å². The molecule has 0 saturated heterocycles. The van der Waals surface area contributed by atoms with Crippen molar-refractivity contribution in [3.8, 4) is 0 Å². The highest BCUT2D eigenvalue weighted by molar-refractivity contribution is 7.90. The van der Waals surface area contributed by atoms with E-state index in [-0.39, 0.29) is 5.75 Å². The Morgan fingerprint density at radius 2 is 1.84 bits per heavy atom. The van der Waals surface area contributed by atoms with Gasteiger partial charge in [-0.1, -0.05) is 55.8 Å². The summed E-state index contributed by atoms with van der Waals surface area (Å²) in [5.74, 6) is -1.25. The Hall–Kier alpha value is -2.33. The molecule has 0 aliphatic heterocycles. The number of aliphatic hydroxyl groups is 1. The number of amides is 1. The number of rotatable bonds is 10. The predicted octanol–water partition coefficient (Wildman–Crippen LogP) is 2.56. The van der Waals surface area contributed by atoms with Crippen molar-refractivity contribution >= 4 is 37.3 Å². The summed E-state index contributed by atoms with van der Waals surface area (Å²) in [6.45, 7) is 1.94. The first-order valence-electron chi connectivity index (χ1n) is 10.1. The van der Waals surface area contributed by atoms with Gasteiger partial charge in [-0.2, -0.15) is 0 Å². The number of benzene rings is 2. The van der Waals surface area contributed by atoms with E-state index in [4.69, 9.17) is 5.73 Å². The van der Waals surface area contributed by atoms with Crippen LogP contribution in [-0.2, 0) is 20.4 Å². The van der Waals surface area contributed by atoms with Gasteiger partial charge >= 0.3 is 0 Å². The standard InChI is InChI=1S/C22H27N3O4S2/c1-2-8-18(20(26)22-25-17-11-6-7-12-19(17)30-22)24-21(27)16(23)14-31(28,29)13-15-9-4-3-5-10-15/h3-7,9-12,16,18,20,26H,2,8,13-14,23H2,1H3,(H,24,27)/t16?,18?,20-/m1/s1. The zero-order valence-corrected chi connectivity index (χ0v) is 18.9. The lowest BCUT2D eigenvalue weighted by Gasteiger charge is -2.24. The Kier molecular flexibility index (Phi) is 7.77. The summed E-state index contributed by atoms with van der Waals surface area (Å²) >= 11 is 1.37. The number of nitrogens with zero attached hydrogens (tertiary/aromatic N) is 1. The minimum atomic E-state index is -3.58. The number of para-hydroxylation sites is 1. The highest BCUT2D eigenvalue weighted by Crippen LogP contribution is 2.29. The van der Waals surface area contributed by atoms with E-state index in [0.29, 0.717) is 23.4 Å². The second-order valence-corrected chi connectivity index (χ2v) is 10.7. The first kappa shape index (κ1) is 23.3. The molecule has 0 spiro atoms. The van der Waals surface area contributed by atoms with Crippen LogP contribution in [0, 0.1) is 0 Å². The molecule has 7 nitrogen and oxygen atoms in total. The smallest absolute Gasteiger partial charge is 0.238 e. The van der Waals surface area contributed by atoms with E-state index in [9.17, 15) is 18.3 Å². The second-order valence-electron chi connectivity index (χ2n) is 7.52. The van der Waals surface area contributed by atoms with Crippen LogP contribution in [0.15, 0.2) is 54.6 Å². The van der Waals surface area contributed by atoms with Gasteiger partial charge in [-0.05, 0) is 24.1 Å². The number of aliphatic hydroxyl groups excluding tert-OH is 1. The zero-order chi connectivity index (χ0) is 22.4. The minimum Gasteiger partial charge on any atom is -0.384 e. The first-order valence-corrected chi connectivity index (χ1v) is 12.8. The molecule has 0 bridgehead atoms. The number of carbonyl (C=O) groups is 1. The molecule has 0 saturated carbocycles. The SMILES string of the molecule is CCCC(NC(=O)C(N)CS(=O)(=O)Cc1ccccc1)[C@@H](O)c1nc2ccccc2s1. The molecule has 0 aliphatic rings. The molecule has 1 heterocycles. The molecular formula is C22H27N3O4S2. The van der Waals surface area contributed by atoms with E-state index in [1.807, 2.05) is 31.2 Å². The third-order valence-electron chi connectivity index (χ3n) is 4.87. The number of carbonyl (C=O) groups excluding carboxylic acids is 1. The maximum atomic E-state index is 12.6. The predicted molar refractivity (Wildman–Crippen MR) is 123 cm³/mol. The number of hydrogen-bond donors (Lipinski definition) is 3. The quantitative estimate of drug-likeness (QED) is 0.426. The summed E-state index contributed by atoms with van der Waals surface area (Å²) in [5.41, 5.74) is 7.34. The molecule has 1 amide bonds. The van der Waals surface area contributed by atoms with E-state index < -0.39 is 39.7 Å². The topological polar surface area (TPSA) is 122 Å². The van der Waals surface area contributed by atoms with Gasteiger partial charge in [0.15, 0.2) is 9.84 Å². The zero-order valence-electron chi connectivity index (χ0n) is 17.3. The molecule has 9 heteroatoms. The van der Waals surface area contributed by atoms with Gasteiger partial charge in [0.25, 0.3) is 0 Å². The third-order valence-corrected chi connectivity index (χ3v) is 7.62. The van der Waals surface area contributed by atoms with Gasteiger partial charge in [-0.25, -0.2) is 13.4 Å². The Bertz CT molecular complexity index is 1080. The normalized spacial score (nSPS) is 14.8. The fraction of sp³-hybridized carbons (Fsp3) is 0.364. The van der Waals surface area contributed by atoms with Gasteiger partial charge in [0.1, 0.15) is 11.1 Å². The lowest BCUT2D eigenvalue weighted by atomic mass is 10.1. The van der Waals surface area contributed by atoms with E-state index in [0.717, 1.165) is 10.2 Å². The first-order chi connectivity index (χ1) is 14.8. The van der Waals surface area contributed by atoms with Crippen LogP contribution in [0.3, 0.4) is 0 Å². The second kappa shape index (κ2) is 10.3. The monoisotopic (exact) mass is 461 g/mol. The van der Waals surface area contributed by atoms with Gasteiger partial charge in [-0.3, -0.25) is 4.79 Å². The van der Waals surface area contributed by atoms with Gasteiger partial charge in [0, 0.05) is 0 Å². The molecular weight excluding hydrogens is 434 g/mol. The Morgan fingerprint density at radius 1 is 1.16 bits per heavy atom. The largest absolute Gasteiger partial charge is 0.384 e. The van der Waals surface area contributed by atoms with Crippen molar-refractivity contribution in [3.05, 3.63) is 65.2 Å². The number of sulfone groups is 1. The van der Waals surface area contributed by atoms with Crippen molar-refractivity contribution in [2.45, 2.75) is 43.7 Å². The lowest BCUT2D eigenvalue weighted by molar-refractivity contribution is -0.123. The number of nitrogens with one attached hydrogen (secondary N) is 1. The minimum absolute atomic E-state index is 0.179. The fourth-order valence-corrected chi connectivity index (χ4v) is 5.87. The van der Waals surface area contributed by atoms with Gasteiger partial charge < -0.3 is 16.2 Å². The lowest BCUT2D eigenvalue weighted by Crippen LogP contribution is -2.50. The van der Waals surface area contributed by atoms with Gasteiger partial charge in [0.2, 0.25) is 5.91 Å². The molecule has 3 rings (SSSR count). The molecule has 4 N–H and O–H groups in total.